The van der Waals surface area contributed by atoms with Crippen LogP contribution in [0.15, 0.2) is 11.1 Å². The van der Waals surface area contributed by atoms with Gasteiger partial charge in [-0.05, 0) is 38.5 Å². The Bertz CT molecular complexity index is 245. The largest absolute Gasteiger partial charge is 0.102 e. The van der Waals surface area contributed by atoms with Gasteiger partial charge < -0.3 is 0 Å². The van der Waals surface area contributed by atoms with E-state index in [0.717, 1.165) is 11.8 Å². The van der Waals surface area contributed by atoms with Crippen LogP contribution in [-0.4, -0.2) is 0 Å². The van der Waals surface area contributed by atoms with Crippen molar-refractivity contribution in [3.05, 3.63) is 11.1 Å². The van der Waals surface area contributed by atoms with Crippen molar-refractivity contribution in [2.75, 3.05) is 0 Å². The van der Waals surface area contributed by atoms with Crippen LogP contribution in [0.5, 0.6) is 0 Å². The van der Waals surface area contributed by atoms with E-state index in [1.54, 1.807) is 0 Å². The summed E-state index contributed by atoms with van der Waals surface area (Å²) in [6, 6.07) is 0. The summed E-state index contributed by atoms with van der Waals surface area (Å²) < 4.78 is 0. The van der Waals surface area contributed by atoms with Gasteiger partial charge in [0.2, 0.25) is 0 Å². The van der Waals surface area contributed by atoms with Gasteiger partial charge in [-0.1, -0.05) is 25.3 Å². The van der Waals surface area contributed by atoms with Gasteiger partial charge in [-0.25, -0.2) is 0 Å². The molecule has 0 spiro atoms. The Labute approximate surface area is 76.1 Å². The third-order valence-corrected chi connectivity index (χ3v) is 2.73. The minimum atomic E-state index is 0.734. The molecule has 1 aliphatic carbocycles. The molecular weight excluding hydrogens is 144 g/mol. The third kappa shape index (κ3) is 1.72. The predicted molar refractivity (Wildman–Crippen MR) is 53.7 cm³/mol. The molecule has 1 unspecified atom stereocenters. The van der Waals surface area contributed by atoms with Crippen LogP contribution in [0.4, 0.5) is 0 Å². The van der Waals surface area contributed by atoms with Gasteiger partial charge in [0.1, 0.15) is 0 Å². The van der Waals surface area contributed by atoms with E-state index in [1.165, 1.54) is 24.0 Å². The van der Waals surface area contributed by atoms with Crippen molar-refractivity contribution < 1.29 is 0 Å². The number of hydrogen-bond acceptors (Lipinski definition) is 0. The average Bonchev–Trinajstić information content (AvgIpc) is 2.34. The first kappa shape index (κ1) is 9.39. The molecule has 1 aliphatic rings. The fourth-order valence-corrected chi connectivity index (χ4v) is 1.97. The van der Waals surface area contributed by atoms with Crippen LogP contribution in [0.1, 0.15) is 40.5 Å². The summed E-state index contributed by atoms with van der Waals surface area (Å²) in [5, 5.41) is 0. The molecule has 0 amide bonds. The van der Waals surface area contributed by atoms with Crippen LogP contribution in [0.2, 0.25) is 0 Å². The molecule has 0 nitrogen and oxygen atoms in total. The van der Waals surface area contributed by atoms with Crippen molar-refractivity contribution in [2.45, 2.75) is 40.5 Å². The van der Waals surface area contributed by atoms with Crippen LogP contribution in [0.3, 0.4) is 0 Å². The van der Waals surface area contributed by atoms with Crippen molar-refractivity contribution in [1.29, 1.82) is 0 Å². The van der Waals surface area contributed by atoms with Gasteiger partial charge in [-0.2, -0.15) is 0 Å². The monoisotopic (exact) mass is 162 g/mol. The summed E-state index contributed by atoms with van der Waals surface area (Å²) in [6.07, 6.45) is 2.57. The molecule has 0 heteroatoms. The third-order valence-electron chi connectivity index (χ3n) is 2.73. The van der Waals surface area contributed by atoms with Gasteiger partial charge in [-0.3, -0.25) is 0 Å². The minimum Gasteiger partial charge on any atom is -0.102 e. The van der Waals surface area contributed by atoms with Gasteiger partial charge >= 0.3 is 0 Å². The maximum absolute atomic E-state index is 3.26. The van der Waals surface area contributed by atoms with E-state index in [0.29, 0.717) is 0 Å². The Balaban J connectivity index is 2.86. The maximum atomic E-state index is 3.26. The fraction of sp³-hybridized carbons (Fsp3) is 0.667. The normalized spacial score (nSPS) is 22.9. The smallest absolute Gasteiger partial charge is 0.00430 e. The zero-order valence-corrected chi connectivity index (χ0v) is 8.57. The van der Waals surface area contributed by atoms with Gasteiger partial charge in [-0.15, -0.1) is 5.92 Å². The number of rotatable bonds is 1. The Morgan fingerprint density at radius 2 is 2.08 bits per heavy atom. The lowest BCUT2D eigenvalue weighted by molar-refractivity contribution is 0.448. The first-order valence-electron chi connectivity index (χ1n) is 4.79. The molecule has 0 heterocycles. The molecule has 0 aliphatic heterocycles. The Morgan fingerprint density at radius 1 is 1.42 bits per heavy atom. The highest BCUT2D eigenvalue weighted by Crippen LogP contribution is 2.35. The standard InChI is InChI=1S/C12H18/c1-5-6-12-10(4)7-8-11(12)9(2)3/h9,11H,7-8H2,1-4H3. The van der Waals surface area contributed by atoms with Crippen molar-refractivity contribution in [3.8, 4) is 11.8 Å². The van der Waals surface area contributed by atoms with Crippen LogP contribution in [-0.2, 0) is 0 Å². The van der Waals surface area contributed by atoms with Crippen LogP contribution < -0.4 is 0 Å². The molecule has 0 aromatic heterocycles. The van der Waals surface area contributed by atoms with E-state index in [-0.39, 0.29) is 0 Å². The van der Waals surface area contributed by atoms with Gasteiger partial charge in [0, 0.05) is 5.57 Å². The summed E-state index contributed by atoms with van der Waals surface area (Å²) in [5.74, 6) is 7.75. The second kappa shape index (κ2) is 3.81. The van der Waals surface area contributed by atoms with Crippen molar-refractivity contribution in [2.24, 2.45) is 11.8 Å². The van der Waals surface area contributed by atoms with Gasteiger partial charge in [0.25, 0.3) is 0 Å². The quantitative estimate of drug-likeness (QED) is 0.518. The summed E-state index contributed by atoms with van der Waals surface area (Å²) in [6.45, 7) is 8.74. The lowest BCUT2D eigenvalue weighted by Crippen LogP contribution is -2.06. The molecule has 0 saturated heterocycles. The molecule has 0 N–H and O–H groups in total. The number of hydrogen-bond donors (Lipinski definition) is 0. The topological polar surface area (TPSA) is 0 Å². The zero-order valence-electron chi connectivity index (χ0n) is 8.57. The van der Waals surface area contributed by atoms with E-state index in [9.17, 15) is 0 Å². The minimum absolute atomic E-state index is 0.734. The molecule has 66 valence electrons. The second-order valence-electron chi connectivity index (χ2n) is 3.96. The predicted octanol–water partition coefficient (Wildman–Crippen LogP) is 3.39. The lowest BCUT2D eigenvalue weighted by atomic mass is 9.89. The van der Waals surface area contributed by atoms with Crippen molar-refractivity contribution in [3.63, 3.8) is 0 Å². The molecule has 1 rings (SSSR count). The van der Waals surface area contributed by atoms with Crippen LogP contribution in [0.25, 0.3) is 0 Å². The van der Waals surface area contributed by atoms with E-state index < -0.39 is 0 Å². The Kier molecular flexibility index (Phi) is 2.98. The highest BCUT2D eigenvalue weighted by atomic mass is 14.3. The van der Waals surface area contributed by atoms with E-state index in [4.69, 9.17) is 0 Å². The van der Waals surface area contributed by atoms with Gasteiger partial charge in [0.15, 0.2) is 0 Å². The lowest BCUT2D eigenvalue weighted by Gasteiger charge is -2.14. The molecule has 0 bridgehead atoms. The molecule has 0 aromatic rings. The fourth-order valence-electron chi connectivity index (χ4n) is 1.97. The average molecular weight is 162 g/mol. The summed E-state index contributed by atoms with van der Waals surface area (Å²) in [4.78, 5) is 0. The molecule has 0 aromatic carbocycles. The maximum Gasteiger partial charge on any atom is 0.00430 e. The highest BCUT2D eigenvalue weighted by molar-refractivity contribution is 5.38. The molecule has 12 heavy (non-hydrogen) atoms. The molecule has 0 fully saturated rings. The molecular formula is C12H18. The van der Waals surface area contributed by atoms with Crippen LogP contribution in [0, 0.1) is 23.7 Å². The van der Waals surface area contributed by atoms with E-state index in [1.807, 2.05) is 6.92 Å². The highest BCUT2D eigenvalue weighted by Gasteiger charge is 2.24. The van der Waals surface area contributed by atoms with Crippen LogP contribution >= 0.6 is 0 Å². The van der Waals surface area contributed by atoms with E-state index >= 15 is 0 Å². The molecule has 0 radical (unpaired) electrons. The van der Waals surface area contributed by atoms with Crippen molar-refractivity contribution in [1.82, 2.24) is 0 Å². The van der Waals surface area contributed by atoms with E-state index in [2.05, 4.69) is 32.6 Å². The molecule has 1 atom stereocenters. The first-order valence-corrected chi connectivity index (χ1v) is 4.79. The Hall–Kier alpha value is -0.700. The first-order chi connectivity index (χ1) is 5.66. The SMILES string of the molecule is CC#CC1=C(C)CCC1C(C)C. The summed E-state index contributed by atoms with van der Waals surface area (Å²) in [7, 11) is 0. The molecule has 0 saturated carbocycles. The zero-order chi connectivity index (χ0) is 9.14. The number of allylic oxidation sites excluding steroid dienone is 2. The summed E-state index contributed by atoms with van der Waals surface area (Å²) >= 11 is 0. The van der Waals surface area contributed by atoms with Gasteiger partial charge in [0.05, 0.1) is 0 Å². The van der Waals surface area contributed by atoms with Crippen molar-refractivity contribution >= 4 is 0 Å². The second-order valence-corrected chi connectivity index (χ2v) is 3.96. The summed E-state index contributed by atoms with van der Waals surface area (Å²) in [5.41, 5.74) is 2.94. The Morgan fingerprint density at radius 3 is 2.58 bits per heavy atom.